The predicted octanol–water partition coefficient (Wildman–Crippen LogP) is 1.34. The van der Waals surface area contributed by atoms with Gasteiger partial charge in [-0.05, 0) is 12.5 Å². The Bertz CT molecular complexity index is 290. The van der Waals surface area contributed by atoms with Crippen LogP contribution in [0.4, 0.5) is 0 Å². The first-order valence-electron chi connectivity index (χ1n) is 4.77. The molecule has 0 bridgehead atoms. The zero-order chi connectivity index (χ0) is 10.2. The van der Waals surface area contributed by atoms with Gasteiger partial charge in [-0.1, -0.05) is 13.3 Å². The van der Waals surface area contributed by atoms with Crippen molar-refractivity contribution in [2.24, 2.45) is 0 Å². The van der Waals surface area contributed by atoms with Gasteiger partial charge in [0, 0.05) is 18.8 Å². The predicted molar refractivity (Wildman–Crippen MR) is 55.5 cm³/mol. The van der Waals surface area contributed by atoms with E-state index in [-0.39, 0.29) is 5.91 Å². The van der Waals surface area contributed by atoms with Gasteiger partial charge in [-0.3, -0.25) is 4.79 Å². The van der Waals surface area contributed by atoms with Crippen LogP contribution in [0.2, 0.25) is 0 Å². The van der Waals surface area contributed by atoms with Crippen molar-refractivity contribution in [1.29, 1.82) is 0 Å². The van der Waals surface area contributed by atoms with Crippen LogP contribution < -0.4 is 5.32 Å². The number of imidazole rings is 1. The number of rotatable bonds is 5. The Morgan fingerprint density at radius 3 is 3.21 bits per heavy atom. The third kappa shape index (κ3) is 3.89. The number of nitrogens with zero attached hydrogens (tertiary/aromatic N) is 1. The van der Waals surface area contributed by atoms with Crippen LogP contribution in [0, 0.1) is 0 Å². The van der Waals surface area contributed by atoms with Crippen LogP contribution in [0.25, 0.3) is 6.08 Å². The summed E-state index contributed by atoms with van der Waals surface area (Å²) in [6.45, 7) is 2.83. The molecule has 0 radical (unpaired) electrons. The molecule has 0 fully saturated rings. The molecule has 4 nitrogen and oxygen atoms in total. The van der Waals surface area contributed by atoms with E-state index in [9.17, 15) is 4.79 Å². The number of nitrogens with one attached hydrogen (secondary N) is 2. The fourth-order valence-electron chi connectivity index (χ4n) is 0.971. The fourth-order valence-corrected chi connectivity index (χ4v) is 0.971. The summed E-state index contributed by atoms with van der Waals surface area (Å²) in [5, 5.41) is 2.78. The summed E-state index contributed by atoms with van der Waals surface area (Å²) in [6.07, 6.45) is 8.58. The molecule has 76 valence electrons. The van der Waals surface area contributed by atoms with E-state index >= 15 is 0 Å². The topological polar surface area (TPSA) is 57.8 Å². The number of amides is 1. The van der Waals surface area contributed by atoms with Gasteiger partial charge in [-0.2, -0.15) is 0 Å². The second-order valence-corrected chi connectivity index (χ2v) is 2.97. The van der Waals surface area contributed by atoms with Crippen molar-refractivity contribution in [1.82, 2.24) is 15.3 Å². The van der Waals surface area contributed by atoms with E-state index in [0.29, 0.717) is 0 Å². The number of unbranched alkanes of at least 4 members (excludes halogenated alkanes) is 1. The lowest BCUT2D eigenvalue weighted by molar-refractivity contribution is -0.116. The van der Waals surface area contributed by atoms with E-state index in [1.807, 2.05) is 0 Å². The average molecular weight is 193 g/mol. The number of hydrogen-bond acceptors (Lipinski definition) is 2. The minimum atomic E-state index is -0.0681. The molecule has 14 heavy (non-hydrogen) atoms. The largest absolute Gasteiger partial charge is 0.353 e. The van der Waals surface area contributed by atoms with Crippen molar-refractivity contribution in [3.8, 4) is 0 Å². The molecule has 1 amide bonds. The molecular weight excluding hydrogens is 178 g/mol. The Morgan fingerprint density at radius 2 is 2.57 bits per heavy atom. The van der Waals surface area contributed by atoms with Gasteiger partial charge < -0.3 is 10.3 Å². The fraction of sp³-hybridized carbons (Fsp3) is 0.400. The Hall–Kier alpha value is -1.58. The molecule has 2 N–H and O–H groups in total. The lowest BCUT2D eigenvalue weighted by atomic mass is 10.3. The summed E-state index contributed by atoms with van der Waals surface area (Å²) < 4.78 is 0. The van der Waals surface area contributed by atoms with Crippen molar-refractivity contribution in [3.05, 3.63) is 24.3 Å². The van der Waals surface area contributed by atoms with Crippen LogP contribution in [0.5, 0.6) is 0 Å². The molecule has 0 saturated carbocycles. The normalized spacial score (nSPS) is 10.6. The quantitative estimate of drug-likeness (QED) is 0.547. The lowest BCUT2D eigenvalue weighted by Crippen LogP contribution is -2.21. The molecule has 0 atom stereocenters. The number of aromatic nitrogens is 2. The third-order valence-electron chi connectivity index (χ3n) is 1.75. The summed E-state index contributed by atoms with van der Waals surface area (Å²) in [5.41, 5.74) is 0.760. The maximum Gasteiger partial charge on any atom is 0.244 e. The molecule has 0 saturated heterocycles. The maximum atomic E-state index is 11.2. The Labute approximate surface area is 83.4 Å². The van der Waals surface area contributed by atoms with E-state index in [4.69, 9.17) is 0 Å². The number of carbonyl (C=O) groups is 1. The summed E-state index contributed by atoms with van der Waals surface area (Å²) in [6, 6.07) is 0. The molecule has 0 aliphatic heterocycles. The Morgan fingerprint density at radius 1 is 1.71 bits per heavy atom. The monoisotopic (exact) mass is 193 g/mol. The van der Waals surface area contributed by atoms with Crippen LogP contribution in [-0.4, -0.2) is 22.4 Å². The van der Waals surface area contributed by atoms with Gasteiger partial charge >= 0.3 is 0 Å². The Kier molecular flexibility index (Phi) is 4.47. The maximum absolute atomic E-state index is 11.2. The van der Waals surface area contributed by atoms with Crippen molar-refractivity contribution in [2.75, 3.05) is 6.54 Å². The molecule has 0 aromatic carbocycles. The lowest BCUT2D eigenvalue weighted by Gasteiger charge is -1.98. The average Bonchev–Trinajstić information content (AvgIpc) is 2.68. The second kappa shape index (κ2) is 5.96. The summed E-state index contributed by atoms with van der Waals surface area (Å²) in [5.74, 6) is -0.0681. The van der Waals surface area contributed by atoms with Crippen molar-refractivity contribution in [2.45, 2.75) is 19.8 Å². The highest BCUT2D eigenvalue weighted by atomic mass is 16.1. The molecule has 1 aromatic heterocycles. The van der Waals surface area contributed by atoms with Crippen LogP contribution in [0.1, 0.15) is 25.5 Å². The minimum Gasteiger partial charge on any atom is -0.353 e. The molecule has 1 heterocycles. The molecule has 0 aliphatic rings. The molecule has 1 aromatic rings. The molecule has 0 unspecified atom stereocenters. The van der Waals surface area contributed by atoms with Crippen molar-refractivity contribution >= 4 is 12.0 Å². The zero-order valence-electron chi connectivity index (χ0n) is 8.29. The third-order valence-corrected chi connectivity index (χ3v) is 1.75. The minimum absolute atomic E-state index is 0.0681. The second-order valence-electron chi connectivity index (χ2n) is 2.97. The van der Waals surface area contributed by atoms with E-state index in [2.05, 4.69) is 22.2 Å². The highest BCUT2D eigenvalue weighted by molar-refractivity contribution is 5.91. The molecule has 1 rings (SSSR count). The smallest absolute Gasteiger partial charge is 0.244 e. The highest BCUT2D eigenvalue weighted by Crippen LogP contribution is 1.93. The van der Waals surface area contributed by atoms with Crippen LogP contribution in [-0.2, 0) is 4.79 Å². The summed E-state index contributed by atoms with van der Waals surface area (Å²) in [7, 11) is 0. The van der Waals surface area contributed by atoms with Gasteiger partial charge in [0.15, 0.2) is 0 Å². The molecule has 0 aliphatic carbocycles. The number of H-pyrrole nitrogens is 1. The van der Waals surface area contributed by atoms with E-state index in [1.54, 1.807) is 18.6 Å². The summed E-state index contributed by atoms with van der Waals surface area (Å²) >= 11 is 0. The standard InChI is InChI=1S/C10H15N3O/c1-2-3-6-12-10(14)5-4-9-7-11-8-13-9/h4-5,7-8H,2-3,6H2,1H3,(H,11,13)(H,12,14). The van der Waals surface area contributed by atoms with Gasteiger partial charge in [0.25, 0.3) is 0 Å². The highest BCUT2D eigenvalue weighted by Gasteiger charge is 1.93. The number of hydrogen-bond donors (Lipinski definition) is 2. The zero-order valence-corrected chi connectivity index (χ0v) is 8.29. The van der Waals surface area contributed by atoms with Crippen molar-refractivity contribution in [3.63, 3.8) is 0 Å². The van der Waals surface area contributed by atoms with Crippen LogP contribution in [0.15, 0.2) is 18.6 Å². The van der Waals surface area contributed by atoms with Crippen molar-refractivity contribution < 1.29 is 4.79 Å². The van der Waals surface area contributed by atoms with E-state index in [0.717, 1.165) is 25.1 Å². The first-order valence-corrected chi connectivity index (χ1v) is 4.77. The Balaban J connectivity index is 2.26. The van der Waals surface area contributed by atoms with E-state index in [1.165, 1.54) is 6.08 Å². The van der Waals surface area contributed by atoms with Gasteiger partial charge in [0.2, 0.25) is 5.91 Å². The molecule has 4 heteroatoms. The van der Waals surface area contributed by atoms with Crippen LogP contribution >= 0.6 is 0 Å². The number of aromatic amines is 1. The molecular formula is C10H15N3O. The first-order chi connectivity index (χ1) is 6.83. The number of carbonyl (C=O) groups excluding carboxylic acids is 1. The summed E-state index contributed by atoms with van der Waals surface area (Å²) in [4.78, 5) is 18.0. The van der Waals surface area contributed by atoms with Crippen LogP contribution in [0.3, 0.4) is 0 Å². The van der Waals surface area contributed by atoms with Gasteiger partial charge in [-0.15, -0.1) is 0 Å². The molecule has 0 spiro atoms. The van der Waals surface area contributed by atoms with Gasteiger partial charge in [0.05, 0.1) is 12.0 Å². The van der Waals surface area contributed by atoms with E-state index < -0.39 is 0 Å². The van der Waals surface area contributed by atoms with Gasteiger partial charge in [-0.25, -0.2) is 4.98 Å². The SMILES string of the molecule is CCCCNC(=O)C=Cc1c[nH]cn1. The van der Waals surface area contributed by atoms with Gasteiger partial charge in [0.1, 0.15) is 0 Å². The first kappa shape index (κ1) is 10.5.